The van der Waals surface area contributed by atoms with E-state index in [4.69, 9.17) is 14.6 Å². The van der Waals surface area contributed by atoms with E-state index in [-0.39, 0.29) is 24.2 Å². The number of nitrogens with one attached hydrogen (secondary N) is 1. The highest BCUT2D eigenvalue weighted by atomic mass is 19.4. The number of halogens is 3. The van der Waals surface area contributed by atoms with Gasteiger partial charge in [-0.2, -0.15) is 18.3 Å². The number of hydrogen-bond acceptors (Lipinski definition) is 5. The van der Waals surface area contributed by atoms with E-state index in [9.17, 15) is 22.8 Å². The molecule has 0 radical (unpaired) electrons. The van der Waals surface area contributed by atoms with Crippen LogP contribution >= 0.6 is 0 Å². The van der Waals surface area contributed by atoms with Gasteiger partial charge in [-0.3, -0.25) is 4.79 Å². The minimum absolute atomic E-state index is 0.122. The number of rotatable bonds is 9. The molecule has 3 aromatic rings. The fraction of sp³-hybridized carbons (Fsp3) is 0.160. The highest BCUT2D eigenvalue weighted by molar-refractivity contribution is 5.87. The number of nitrogens with zero attached hydrogens (tertiary/aromatic N) is 1. The highest BCUT2D eigenvalue weighted by Gasteiger charge is 2.30. The molecular weight excluding hydrogens is 465 g/mol. The SMILES string of the molecule is COc1cc(/C=N/NC(=O)Cc2cccc(C(F)(F)F)c2)ccc1OCc1cccc(C(=O)O)c1. The van der Waals surface area contributed by atoms with Crippen LogP contribution in [0.4, 0.5) is 13.2 Å². The third-order valence-corrected chi connectivity index (χ3v) is 4.78. The molecule has 7 nitrogen and oxygen atoms in total. The van der Waals surface area contributed by atoms with Crippen molar-refractivity contribution in [2.24, 2.45) is 5.10 Å². The van der Waals surface area contributed by atoms with Crippen LogP contribution in [0.25, 0.3) is 0 Å². The Morgan fingerprint density at radius 2 is 1.74 bits per heavy atom. The van der Waals surface area contributed by atoms with Crippen molar-refractivity contribution in [3.63, 3.8) is 0 Å². The van der Waals surface area contributed by atoms with E-state index in [0.29, 0.717) is 22.6 Å². The molecular formula is C25H21F3N2O5. The van der Waals surface area contributed by atoms with Crippen LogP contribution in [-0.4, -0.2) is 30.3 Å². The molecule has 0 saturated carbocycles. The lowest BCUT2D eigenvalue weighted by Crippen LogP contribution is -2.20. The fourth-order valence-corrected chi connectivity index (χ4v) is 3.10. The summed E-state index contributed by atoms with van der Waals surface area (Å²) in [5.74, 6) is -0.802. The van der Waals surface area contributed by atoms with Crippen molar-refractivity contribution >= 4 is 18.1 Å². The molecule has 2 N–H and O–H groups in total. The molecule has 0 fully saturated rings. The Morgan fingerprint density at radius 1 is 1.00 bits per heavy atom. The van der Waals surface area contributed by atoms with Crippen LogP contribution in [0.1, 0.15) is 32.6 Å². The van der Waals surface area contributed by atoms with Crippen molar-refractivity contribution in [2.45, 2.75) is 19.2 Å². The van der Waals surface area contributed by atoms with Crippen LogP contribution in [0.3, 0.4) is 0 Å². The maximum atomic E-state index is 12.8. The summed E-state index contributed by atoms with van der Waals surface area (Å²) < 4.78 is 49.5. The van der Waals surface area contributed by atoms with Gasteiger partial charge in [0.15, 0.2) is 11.5 Å². The Bertz CT molecular complexity index is 1240. The Balaban J connectivity index is 1.59. The monoisotopic (exact) mass is 486 g/mol. The molecule has 0 aliphatic carbocycles. The van der Waals surface area contributed by atoms with Crippen LogP contribution in [0, 0.1) is 0 Å². The van der Waals surface area contributed by atoms with Crippen molar-refractivity contribution in [1.82, 2.24) is 5.43 Å². The molecule has 10 heteroatoms. The van der Waals surface area contributed by atoms with Gasteiger partial charge in [0.1, 0.15) is 6.61 Å². The van der Waals surface area contributed by atoms with E-state index in [1.807, 2.05) is 0 Å². The number of aromatic carboxylic acids is 1. The Labute approximate surface area is 198 Å². The number of carboxylic acids is 1. The lowest BCUT2D eigenvalue weighted by atomic mass is 10.1. The zero-order valence-electron chi connectivity index (χ0n) is 18.5. The second-order valence-electron chi connectivity index (χ2n) is 7.37. The molecule has 0 atom stereocenters. The smallest absolute Gasteiger partial charge is 0.416 e. The molecule has 35 heavy (non-hydrogen) atoms. The second kappa shape index (κ2) is 11.2. The number of amides is 1. The molecule has 0 spiro atoms. The molecule has 0 unspecified atom stereocenters. The first-order valence-electron chi connectivity index (χ1n) is 10.3. The lowest BCUT2D eigenvalue weighted by Gasteiger charge is -2.11. The maximum absolute atomic E-state index is 12.8. The van der Waals surface area contributed by atoms with Gasteiger partial charge in [0.2, 0.25) is 5.91 Å². The normalized spacial score (nSPS) is 11.3. The number of alkyl halides is 3. The zero-order valence-corrected chi connectivity index (χ0v) is 18.5. The van der Waals surface area contributed by atoms with Gasteiger partial charge in [0.05, 0.1) is 30.9 Å². The van der Waals surface area contributed by atoms with E-state index in [2.05, 4.69) is 10.5 Å². The standard InChI is InChI=1S/C25H21F3N2O5/c1-34-22-12-17(8-9-21(22)35-15-18-5-2-6-19(10-18)24(32)33)14-29-30-23(31)13-16-4-3-7-20(11-16)25(26,27)28/h2-12,14H,13,15H2,1H3,(H,30,31)(H,32,33)/b29-14+. The first-order chi connectivity index (χ1) is 16.7. The van der Waals surface area contributed by atoms with E-state index >= 15 is 0 Å². The van der Waals surface area contributed by atoms with Gasteiger partial charge in [0.25, 0.3) is 0 Å². The van der Waals surface area contributed by atoms with Gasteiger partial charge in [-0.15, -0.1) is 0 Å². The molecule has 3 rings (SSSR count). The molecule has 1 amide bonds. The van der Waals surface area contributed by atoms with Crippen LogP contribution in [-0.2, 0) is 24.0 Å². The zero-order chi connectivity index (χ0) is 25.4. The maximum Gasteiger partial charge on any atom is 0.416 e. The average molecular weight is 486 g/mol. The van der Waals surface area contributed by atoms with Gasteiger partial charge in [-0.05, 0) is 53.1 Å². The number of carboxylic acid groups (broad SMARTS) is 1. The summed E-state index contributed by atoms with van der Waals surface area (Å²) in [6, 6.07) is 15.8. The Kier molecular flexibility index (Phi) is 8.08. The quantitative estimate of drug-likeness (QED) is 0.338. The second-order valence-corrected chi connectivity index (χ2v) is 7.37. The van der Waals surface area contributed by atoms with Crippen LogP contribution in [0.5, 0.6) is 11.5 Å². The van der Waals surface area contributed by atoms with Gasteiger partial charge >= 0.3 is 12.1 Å². The number of ether oxygens (including phenoxy) is 2. The van der Waals surface area contributed by atoms with Crippen molar-refractivity contribution in [1.29, 1.82) is 0 Å². The van der Waals surface area contributed by atoms with Crippen LogP contribution in [0.2, 0.25) is 0 Å². The first-order valence-corrected chi connectivity index (χ1v) is 10.3. The van der Waals surface area contributed by atoms with Crippen LogP contribution in [0.15, 0.2) is 71.8 Å². The molecule has 0 saturated heterocycles. The molecule has 182 valence electrons. The summed E-state index contributed by atoms with van der Waals surface area (Å²) in [4.78, 5) is 23.1. The van der Waals surface area contributed by atoms with Crippen molar-refractivity contribution < 1.29 is 37.3 Å². The van der Waals surface area contributed by atoms with Crippen molar-refractivity contribution in [3.8, 4) is 11.5 Å². The van der Waals surface area contributed by atoms with Gasteiger partial charge in [0, 0.05) is 0 Å². The predicted octanol–water partition coefficient (Wildman–Crippen LogP) is 4.68. The van der Waals surface area contributed by atoms with E-state index < -0.39 is 23.6 Å². The summed E-state index contributed by atoms with van der Waals surface area (Å²) in [6.07, 6.45) is -3.39. The minimum atomic E-state index is -4.48. The van der Waals surface area contributed by atoms with Crippen molar-refractivity contribution in [2.75, 3.05) is 7.11 Å². The summed E-state index contributed by atoms with van der Waals surface area (Å²) >= 11 is 0. The topological polar surface area (TPSA) is 97.2 Å². The number of hydrogen-bond donors (Lipinski definition) is 2. The third-order valence-electron chi connectivity index (χ3n) is 4.78. The molecule has 0 aliphatic heterocycles. The highest BCUT2D eigenvalue weighted by Crippen LogP contribution is 2.30. The fourth-order valence-electron chi connectivity index (χ4n) is 3.10. The summed E-state index contributed by atoms with van der Waals surface area (Å²) in [7, 11) is 1.45. The average Bonchev–Trinajstić information content (AvgIpc) is 2.83. The predicted molar refractivity (Wildman–Crippen MR) is 122 cm³/mol. The number of carbonyl (C=O) groups is 2. The van der Waals surface area contributed by atoms with Crippen LogP contribution < -0.4 is 14.9 Å². The molecule has 0 aliphatic rings. The van der Waals surface area contributed by atoms with Gasteiger partial charge in [-0.25, -0.2) is 10.2 Å². The molecule has 0 heterocycles. The summed E-state index contributed by atoms with van der Waals surface area (Å²) in [5.41, 5.74) is 3.06. The van der Waals surface area contributed by atoms with E-state index in [1.54, 1.807) is 30.3 Å². The number of benzene rings is 3. The third kappa shape index (κ3) is 7.32. The number of methoxy groups -OCH3 is 1. The number of carbonyl (C=O) groups excluding carboxylic acids is 1. The Morgan fingerprint density at radius 3 is 2.46 bits per heavy atom. The van der Waals surface area contributed by atoms with E-state index in [0.717, 1.165) is 12.1 Å². The van der Waals surface area contributed by atoms with Crippen molar-refractivity contribution in [3.05, 3.63) is 94.5 Å². The van der Waals surface area contributed by atoms with Gasteiger partial charge in [-0.1, -0.05) is 30.3 Å². The first kappa shape index (κ1) is 25.3. The molecule has 0 aromatic heterocycles. The summed E-state index contributed by atoms with van der Waals surface area (Å²) in [5, 5.41) is 12.9. The molecule has 0 bridgehead atoms. The minimum Gasteiger partial charge on any atom is -0.493 e. The molecule has 3 aromatic carbocycles. The van der Waals surface area contributed by atoms with E-state index in [1.165, 1.54) is 37.6 Å². The number of hydrazone groups is 1. The lowest BCUT2D eigenvalue weighted by molar-refractivity contribution is -0.137. The Hall–Kier alpha value is -4.34. The summed E-state index contributed by atoms with van der Waals surface area (Å²) in [6.45, 7) is 0.122. The van der Waals surface area contributed by atoms with Gasteiger partial charge < -0.3 is 14.6 Å². The largest absolute Gasteiger partial charge is 0.493 e.